The second-order valence-corrected chi connectivity index (χ2v) is 5.22. The lowest BCUT2D eigenvalue weighted by atomic mass is 9.94. The summed E-state index contributed by atoms with van der Waals surface area (Å²) in [5, 5.41) is 3.12. The van der Waals surface area contributed by atoms with Crippen LogP contribution in [0.2, 0.25) is 0 Å². The van der Waals surface area contributed by atoms with Crippen LogP contribution < -0.4 is 5.32 Å². The second kappa shape index (κ2) is 7.28. The van der Waals surface area contributed by atoms with Crippen molar-refractivity contribution in [2.24, 2.45) is 5.92 Å². The Bertz CT molecular complexity index is 425. The molecule has 20 heavy (non-hydrogen) atoms. The molecule has 1 aromatic heterocycles. The van der Waals surface area contributed by atoms with Gasteiger partial charge in [0.25, 0.3) is 6.01 Å². The summed E-state index contributed by atoms with van der Waals surface area (Å²) in [6.45, 7) is 5.27. The van der Waals surface area contributed by atoms with Gasteiger partial charge in [-0.2, -0.15) is 4.98 Å². The summed E-state index contributed by atoms with van der Waals surface area (Å²) in [5.74, 6) is 0.317. The third-order valence-corrected chi connectivity index (χ3v) is 3.66. The quantitative estimate of drug-likeness (QED) is 0.804. The summed E-state index contributed by atoms with van der Waals surface area (Å²) >= 11 is 0. The molecule has 1 N–H and O–H groups in total. The highest BCUT2D eigenvalue weighted by atomic mass is 16.5. The normalized spacial score (nSPS) is 17.1. The number of nitrogens with one attached hydrogen (secondary N) is 1. The fourth-order valence-electron chi connectivity index (χ4n) is 2.39. The minimum atomic E-state index is -0.445. The molecule has 0 spiro atoms. The van der Waals surface area contributed by atoms with Gasteiger partial charge in [-0.3, -0.25) is 0 Å². The Balaban J connectivity index is 1.70. The third-order valence-electron chi connectivity index (χ3n) is 3.66. The summed E-state index contributed by atoms with van der Waals surface area (Å²) in [5.41, 5.74) is 0.216. The molecule has 112 valence electrons. The van der Waals surface area contributed by atoms with Crippen molar-refractivity contribution in [3.05, 3.63) is 12.0 Å². The van der Waals surface area contributed by atoms with E-state index in [1.54, 1.807) is 6.92 Å². The van der Waals surface area contributed by atoms with Gasteiger partial charge in [0.15, 0.2) is 5.69 Å². The van der Waals surface area contributed by atoms with Crippen molar-refractivity contribution < 1.29 is 13.9 Å². The molecule has 0 saturated carbocycles. The van der Waals surface area contributed by atoms with E-state index in [1.165, 1.54) is 32.2 Å². The number of likely N-dealkylation sites (tertiary alicyclic amines) is 1. The molecule has 0 radical (unpaired) electrons. The van der Waals surface area contributed by atoms with Crippen LogP contribution in [0.25, 0.3) is 0 Å². The van der Waals surface area contributed by atoms with Crippen LogP contribution in [-0.4, -0.2) is 49.1 Å². The van der Waals surface area contributed by atoms with Gasteiger partial charge in [0.2, 0.25) is 0 Å². The molecule has 0 amide bonds. The molecular formula is C14H23N3O3. The van der Waals surface area contributed by atoms with Crippen molar-refractivity contribution in [1.29, 1.82) is 0 Å². The largest absolute Gasteiger partial charge is 0.461 e. The highest BCUT2D eigenvalue weighted by Gasteiger charge is 2.17. The van der Waals surface area contributed by atoms with E-state index in [0.717, 1.165) is 18.9 Å². The summed E-state index contributed by atoms with van der Waals surface area (Å²) in [7, 11) is 2.16. The van der Waals surface area contributed by atoms with E-state index in [2.05, 4.69) is 22.2 Å². The third kappa shape index (κ3) is 4.23. The maximum Gasteiger partial charge on any atom is 0.360 e. The lowest BCUT2D eigenvalue weighted by Gasteiger charge is -2.28. The van der Waals surface area contributed by atoms with E-state index < -0.39 is 5.97 Å². The number of carbonyl (C=O) groups is 1. The van der Waals surface area contributed by atoms with Crippen LogP contribution in [0.15, 0.2) is 10.7 Å². The van der Waals surface area contributed by atoms with Gasteiger partial charge in [-0.15, -0.1) is 0 Å². The number of carbonyl (C=O) groups excluding carboxylic acids is 1. The lowest BCUT2D eigenvalue weighted by molar-refractivity contribution is 0.0519. The monoisotopic (exact) mass is 281 g/mol. The predicted molar refractivity (Wildman–Crippen MR) is 75.8 cm³/mol. The number of hydrogen-bond donors (Lipinski definition) is 1. The van der Waals surface area contributed by atoms with E-state index in [-0.39, 0.29) is 5.69 Å². The Morgan fingerprint density at radius 3 is 3.00 bits per heavy atom. The number of aromatic nitrogens is 1. The van der Waals surface area contributed by atoms with Crippen LogP contribution in [0.4, 0.5) is 6.01 Å². The smallest absolute Gasteiger partial charge is 0.360 e. The van der Waals surface area contributed by atoms with E-state index in [0.29, 0.717) is 12.6 Å². The Kier molecular flexibility index (Phi) is 5.40. The molecule has 1 aliphatic rings. The zero-order valence-electron chi connectivity index (χ0n) is 12.2. The number of ether oxygens (including phenoxy) is 1. The summed E-state index contributed by atoms with van der Waals surface area (Å²) < 4.78 is 10.1. The number of nitrogens with zero attached hydrogens (tertiary/aromatic N) is 2. The molecule has 2 heterocycles. The maximum atomic E-state index is 11.4. The molecule has 1 saturated heterocycles. The molecule has 0 aliphatic carbocycles. The number of esters is 1. The average Bonchev–Trinajstić information content (AvgIpc) is 2.90. The Morgan fingerprint density at radius 1 is 1.55 bits per heavy atom. The first-order valence-corrected chi connectivity index (χ1v) is 7.24. The minimum Gasteiger partial charge on any atom is -0.461 e. The van der Waals surface area contributed by atoms with Gasteiger partial charge < -0.3 is 19.4 Å². The van der Waals surface area contributed by atoms with Crippen LogP contribution in [-0.2, 0) is 4.74 Å². The summed E-state index contributed by atoms with van der Waals surface area (Å²) in [6, 6.07) is 0.390. The maximum absolute atomic E-state index is 11.4. The Morgan fingerprint density at radius 2 is 2.30 bits per heavy atom. The Labute approximate surface area is 119 Å². The highest BCUT2D eigenvalue weighted by Crippen LogP contribution is 2.19. The van der Waals surface area contributed by atoms with Gasteiger partial charge in [0.05, 0.1) is 6.61 Å². The van der Waals surface area contributed by atoms with E-state index in [1.807, 2.05) is 0 Å². The zero-order valence-corrected chi connectivity index (χ0v) is 12.2. The molecule has 6 nitrogen and oxygen atoms in total. The first kappa shape index (κ1) is 14.8. The van der Waals surface area contributed by atoms with Crippen molar-refractivity contribution in [3.63, 3.8) is 0 Å². The molecule has 0 bridgehead atoms. The fourth-order valence-corrected chi connectivity index (χ4v) is 2.39. The fraction of sp³-hybridized carbons (Fsp3) is 0.714. The first-order valence-electron chi connectivity index (χ1n) is 7.24. The molecule has 1 aromatic rings. The zero-order chi connectivity index (χ0) is 14.4. The predicted octanol–water partition coefficient (Wildman–Crippen LogP) is 2.00. The van der Waals surface area contributed by atoms with Crippen molar-refractivity contribution in [1.82, 2.24) is 9.88 Å². The molecule has 1 fully saturated rings. The van der Waals surface area contributed by atoms with Crippen molar-refractivity contribution in [3.8, 4) is 0 Å². The van der Waals surface area contributed by atoms with Crippen LogP contribution >= 0.6 is 0 Å². The van der Waals surface area contributed by atoms with Crippen LogP contribution in [0.3, 0.4) is 0 Å². The van der Waals surface area contributed by atoms with Gasteiger partial charge in [-0.25, -0.2) is 4.79 Å². The molecule has 1 aliphatic heterocycles. The summed E-state index contributed by atoms with van der Waals surface area (Å²) in [4.78, 5) is 17.9. The van der Waals surface area contributed by atoms with Crippen LogP contribution in [0.1, 0.15) is 36.7 Å². The van der Waals surface area contributed by atoms with Gasteiger partial charge >= 0.3 is 5.97 Å². The van der Waals surface area contributed by atoms with Gasteiger partial charge in [-0.1, -0.05) is 0 Å². The number of rotatable bonds is 6. The molecule has 6 heteroatoms. The van der Waals surface area contributed by atoms with Crippen LogP contribution in [0, 0.1) is 5.92 Å². The molecule has 0 atom stereocenters. The number of hydrogen-bond acceptors (Lipinski definition) is 6. The number of anilines is 1. The highest BCUT2D eigenvalue weighted by molar-refractivity contribution is 5.87. The van der Waals surface area contributed by atoms with Gasteiger partial charge in [0.1, 0.15) is 6.26 Å². The van der Waals surface area contributed by atoms with E-state index in [9.17, 15) is 4.79 Å². The Hall–Kier alpha value is -1.56. The van der Waals surface area contributed by atoms with Crippen molar-refractivity contribution in [2.75, 3.05) is 38.6 Å². The molecular weight excluding hydrogens is 258 g/mol. The van der Waals surface area contributed by atoms with E-state index in [4.69, 9.17) is 9.15 Å². The number of oxazole rings is 1. The minimum absolute atomic E-state index is 0.216. The standard InChI is InChI=1S/C14H23N3O3/c1-3-19-13(18)12-10-20-14(16-12)15-7-4-11-5-8-17(2)9-6-11/h10-11H,3-9H2,1-2H3,(H,15,16). The van der Waals surface area contributed by atoms with Crippen molar-refractivity contribution >= 4 is 12.0 Å². The topological polar surface area (TPSA) is 67.6 Å². The SMILES string of the molecule is CCOC(=O)c1coc(NCCC2CCN(C)CC2)n1. The lowest BCUT2D eigenvalue weighted by Crippen LogP contribution is -2.30. The van der Waals surface area contributed by atoms with Crippen molar-refractivity contribution in [2.45, 2.75) is 26.2 Å². The first-order chi connectivity index (χ1) is 9.69. The molecule has 0 unspecified atom stereocenters. The molecule has 2 rings (SSSR count). The summed E-state index contributed by atoms with van der Waals surface area (Å²) in [6.07, 6.45) is 4.93. The average molecular weight is 281 g/mol. The second-order valence-electron chi connectivity index (χ2n) is 5.22. The molecule has 0 aromatic carbocycles. The van der Waals surface area contributed by atoms with E-state index >= 15 is 0 Å². The van der Waals surface area contributed by atoms with Gasteiger partial charge in [-0.05, 0) is 52.2 Å². The van der Waals surface area contributed by atoms with Gasteiger partial charge in [0, 0.05) is 6.54 Å². The van der Waals surface area contributed by atoms with Crippen LogP contribution in [0.5, 0.6) is 0 Å². The number of piperidine rings is 1.